The van der Waals surface area contributed by atoms with E-state index in [1.807, 2.05) is 18.2 Å². The lowest BCUT2D eigenvalue weighted by atomic mass is 10.2. The number of methoxy groups -OCH3 is 1. The molecule has 90 valence electrons. The molecule has 0 unspecified atom stereocenters. The summed E-state index contributed by atoms with van der Waals surface area (Å²) in [4.78, 5) is 24.3. The third-order valence-corrected chi connectivity index (χ3v) is 3.75. The van der Waals surface area contributed by atoms with Crippen LogP contribution in [-0.2, 0) is 16.1 Å². The molecule has 0 spiro atoms. The lowest BCUT2D eigenvalue weighted by molar-refractivity contribution is -0.139. The smallest absolute Gasteiger partial charge is 0.229 e. The molecule has 1 aliphatic heterocycles. The second kappa shape index (κ2) is 5.03. The summed E-state index contributed by atoms with van der Waals surface area (Å²) in [5.41, 5.74) is 0.968. The Morgan fingerprint density at radius 3 is 2.47 bits per heavy atom. The highest BCUT2D eigenvalue weighted by molar-refractivity contribution is 14.1. The van der Waals surface area contributed by atoms with Crippen molar-refractivity contribution in [3.05, 3.63) is 27.3 Å². The minimum atomic E-state index is -0.0818. The second-order valence-electron chi connectivity index (χ2n) is 3.83. The fourth-order valence-electron chi connectivity index (χ4n) is 1.75. The number of hydrogen-bond acceptors (Lipinski definition) is 3. The van der Waals surface area contributed by atoms with E-state index in [1.54, 1.807) is 7.11 Å². The predicted octanol–water partition coefficient (Wildman–Crippen LogP) is 1.95. The highest BCUT2D eigenvalue weighted by atomic mass is 127. The Balaban J connectivity index is 2.18. The van der Waals surface area contributed by atoms with Crippen LogP contribution in [0.4, 0.5) is 0 Å². The highest BCUT2D eigenvalue weighted by Crippen LogP contribution is 2.23. The molecule has 1 aliphatic rings. The zero-order chi connectivity index (χ0) is 12.4. The summed E-state index contributed by atoms with van der Waals surface area (Å²) in [6, 6.07) is 5.61. The van der Waals surface area contributed by atoms with Gasteiger partial charge in [-0.2, -0.15) is 0 Å². The van der Waals surface area contributed by atoms with Crippen LogP contribution in [0, 0.1) is 3.57 Å². The molecule has 1 aromatic carbocycles. The Morgan fingerprint density at radius 1 is 1.29 bits per heavy atom. The first kappa shape index (κ1) is 12.3. The van der Waals surface area contributed by atoms with E-state index < -0.39 is 0 Å². The molecule has 0 radical (unpaired) electrons. The van der Waals surface area contributed by atoms with E-state index in [-0.39, 0.29) is 11.8 Å². The molecular formula is C12H12INO3. The zero-order valence-electron chi connectivity index (χ0n) is 9.40. The van der Waals surface area contributed by atoms with Crippen molar-refractivity contribution in [2.45, 2.75) is 19.4 Å². The lowest BCUT2D eigenvalue weighted by Gasteiger charge is -2.15. The van der Waals surface area contributed by atoms with Crippen molar-refractivity contribution in [3.63, 3.8) is 0 Å². The minimum Gasteiger partial charge on any atom is -0.497 e. The third-order valence-electron chi connectivity index (χ3n) is 2.74. The molecule has 0 saturated carbocycles. The quantitative estimate of drug-likeness (QED) is 0.622. The molecule has 0 aromatic heterocycles. The van der Waals surface area contributed by atoms with E-state index in [2.05, 4.69) is 22.6 Å². The van der Waals surface area contributed by atoms with Crippen LogP contribution in [0.3, 0.4) is 0 Å². The van der Waals surface area contributed by atoms with Gasteiger partial charge in [0, 0.05) is 16.4 Å². The number of hydrogen-bond donors (Lipinski definition) is 0. The van der Waals surface area contributed by atoms with Crippen molar-refractivity contribution < 1.29 is 14.3 Å². The fraction of sp³-hybridized carbons (Fsp3) is 0.333. The number of imide groups is 1. The molecule has 5 heteroatoms. The first-order chi connectivity index (χ1) is 8.11. The summed E-state index contributed by atoms with van der Waals surface area (Å²) >= 11 is 2.18. The number of rotatable bonds is 3. The molecule has 1 aromatic rings. The van der Waals surface area contributed by atoms with Gasteiger partial charge in [0.2, 0.25) is 11.8 Å². The van der Waals surface area contributed by atoms with Gasteiger partial charge in [0.1, 0.15) is 5.75 Å². The lowest BCUT2D eigenvalue weighted by Crippen LogP contribution is -2.28. The van der Waals surface area contributed by atoms with E-state index in [4.69, 9.17) is 4.74 Å². The van der Waals surface area contributed by atoms with Gasteiger partial charge in [-0.3, -0.25) is 14.5 Å². The monoisotopic (exact) mass is 345 g/mol. The number of carbonyl (C=O) groups is 2. The van der Waals surface area contributed by atoms with Crippen molar-refractivity contribution in [2.75, 3.05) is 7.11 Å². The number of carbonyl (C=O) groups excluding carboxylic acids is 2. The topological polar surface area (TPSA) is 46.6 Å². The normalized spacial score (nSPS) is 15.5. The summed E-state index contributed by atoms with van der Waals surface area (Å²) in [5, 5.41) is 0. The van der Waals surface area contributed by atoms with Gasteiger partial charge in [0.15, 0.2) is 0 Å². The van der Waals surface area contributed by atoms with Crippen LogP contribution in [0.1, 0.15) is 18.4 Å². The Morgan fingerprint density at radius 2 is 1.94 bits per heavy atom. The summed E-state index contributed by atoms with van der Waals surface area (Å²) < 4.78 is 6.10. The van der Waals surface area contributed by atoms with Crippen LogP contribution in [0.5, 0.6) is 5.75 Å². The summed E-state index contributed by atoms with van der Waals surface area (Å²) in [5.74, 6) is 0.612. The molecule has 1 fully saturated rings. The molecule has 0 aliphatic carbocycles. The number of ether oxygens (including phenoxy) is 1. The number of nitrogens with zero attached hydrogens (tertiary/aromatic N) is 1. The van der Waals surface area contributed by atoms with E-state index in [9.17, 15) is 9.59 Å². The molecule has 1 heterocycles. The predicted molar refractivity (Wildman–Crippen MR) is 70.5 cm³/mol. The van der Waals surface area contributed by atoms with Gasteiger partial charge < -0.3 is 4.74 Å². The van der Waals surface area contributed by atoms with Crippen molar-refractivity contribution in [2.24, 2.45) is 0 Å². The van der Waals surface area contributed by atoms with Gasteiger partial charge in [0.05, 0.1) is 13.7 Å². The van der Waals surface area contributed by atoms with Gasteiger partial charge in [0.25, 0.3) is 0 Å². The number of benzene rings is 1. The zero-order valence-corrected chi connectivity index (χ0v) is 11.6. The number of halogens is 1. The van der Waals surface area contributed by atoms with Crippen LogP contribution >= 0.6 is 22.6 Å². The van der Waals surface area contributed by atoms with Gasteiger partial charge in [-0.25, -0.2) is 0 Å². The van der Waals surface area contributed by atoms with Crippen molar-refractivity contribution in [1.29, 1.82) is 0 Å². The molecular weight excluding hydrogens is 333 g/mol. The van der Waals surface area contributed by atoms with Crippen LogP contribution in [0.15, 0.2) is 18.2 Å². The van der Waals surface area contributed by atoms with E-state index in [0.29, 0.717) is 19.4 Å². The maximum atomic E-state index is 11.5. The molecule has 2 amide bonds. The molecule has 1 saturated heterocycles. The molecule has 17 heavy (non-hydrogen) atoms. The van der Waals surface area contributed by atoms with Crippen LogP contribution < -0.4 is 4.74 Å². The van der Waals surface area contributed by atoms with Crippen LogP contribution in [0.25, 0.3) is 0 Å². The molecule has 0 atom stereocenters. The van der Waals surface area contributed by atoms with Crippen LogP contribution in [-0.4, -0.2) is 23.8 Å². The Labute approximate surface area is 113 Å². The molecule has 0 N–H and O–H groups in total. The maximum Gasteiger partial charge on any atom is 0.229 e. The summed E-state index contributed by atoms with van der Waals surface area (Å²) in [6.45, 7) is 0.361. The fourth-order valence-corrected chi connectivity index (χ4v) is 2.41. The first-order valence-corrected chi connectivity index (χ1v) is 6.35. The van der Waals surface area contributed by atoms with E-state index in [1.165, 1.54) is 4.90 Å². The molecule has 0 bridgehead atoms. The van der Waals surface area contributed by atoms with Gasteiger partial charge >= 0.3 is 0 Å². The molecule has 4 nitrogen and oxygen atoms in total. The van der Waals surface area contributed by atoms with Gasteiger partial charge in [-0.1, -0.05) is 6.07 Å². The largest absolute Gasteiger partial charge is 0.497 e. The minimum absolute atomic E-state index is 0.0818. The van der Waals surface area contributed by atoms with Crippen LogP contribution in [0.2, 0.25) is 0 Å². The number of amides is 2. The first-order valence-electron chi connectivity index (χ1n) is 5.27. The van der Waals surface area contributed by atoms with Gasteiger partial charge in [-0.15, -0.1) is 0 Å². The number of likely N-dealkylation sites (tertiary alicyclic amines) is 1. The standard InChI is InChI=1S/C12H12INO3/c1-17-9-3-2-8(10(13)6-9)7-14-11(15)4-5-12(14)16/h2-3,6H,4-5,7H2,1H3. The second-order valence-corrected chi connectivity index (χ2v) is 4.99. The third kappa shape index (κ3) is 2.59. The molecule has 2 rings (SSSR count). The maximum absolute atomic E-state index is 11.5. The van der Waals surface area contributed by atoms with Crippen molar-refractivity contribution >= 4 is 34.4 Å². The van der Waals surface area contributed by atoms with E-state index in [0.717, 1.165) is 14.9 Å². The average molecular weight is 345 g/mol. The highest BCUT2D eigenvalue weighted by Gasteiger charge is 2.29. The Bertz CT molecular complexity index is 457. The van der Waals surface area contributed by atoms with Gasteiger partial charge in [-0.05, 0) is 40.3 Å². The van der Waals surface area contributed by atoms with Crippen molar-refractivity contribution in [1.82, 2.24) is 4.90 Å². The average Bonchev–Trinajstić information content (AvgIpc) is 2.63. The SMILES string of the molecule is COc1ccc(CN2C(=O)CCC2=O)c(I)c1. The summed E-state index contributed by atoms with van der Waals surface area (Å²) in [6.07, 6.45) is 0.678. The van der Waals surface area contributed by atoms with Crippen molar-refractivity contribution in [3.8, 4) is 5.75 Å². The Hall–Kier alpha value is -1.11. The summed E-state index contributed by atoms with van der Waals surface area (Å²) in [7, 11) is 1.61. The van der Waals surface area contributed by atoms with E-state index >= 15 is 0 Å². The Kier molecular flexibility index (Phi) is 3.66.